The van der Waals surface area contributed by atoms with Crippen LogP contribution in [0.2, 0.25) is 0 Å². The van der Waals surface area contributed by atoms with Gasteiger partial charge in [0.25, 0.3) is 0 Å². The predicted octanol–water partition coefficient (Wildman–Crippen LogP) is 5.18. The number of benzene rings is 3. The first-order valence-corrected chi connectivity index (χ1v) is 12.4. The fourth-order valence-electron chi connectivity index (χ4n) is 4.25. The number of fused-ring (bicyclic) bond motifs is 1. The van der Waals surface area contributed by atoms with Crippen molar-refractivity contribution in [2.75, 3.05) is 13.2 Å². The first-order valence-electron chi connectivity index (χ1n) is 11.6. The van der Waals surface area contributed by atoms with Crippen LogP contribution < -0.4 is 0 Å². The van der Waals surface area contributed by atoms with Crippen LogP contribution in [0.4, 0.5) is 4.39 Å². The Morgan fingerprint density at radius 1 is 1.06 bits per heavy atom. The molecule has 1 aliphatic rings. The van der Waals surface area contributed by atoms with E-state index in [1.54, 1.807) is 34.5 Å². The van der Waals surface area contributed by atoms with Gasteiger partial charge in [-0.15, -0.1) is 11.3 Å². The van der Waals surface area contributed by atoms with Gasteiger partial charge in [-0.05, 0) is 29.8 Å². The van der Waals surface area contributed by atoms with Crippen molar-refractivity contribution in [3.05, 3.63) is 102 Å². The quantitative estimate of drug-likeness (QED) is 0.291. The number of halogens is 1. The summed E-state index contributed by atoms with van der Waals surface area (Å²) < 4.78 is 34.8. The molecular weight excluding hydrogens is 479 g/mol. The third-order valence-electron chi connectivity index (χ3n) is 6.05. The summed E-state index contributed by atoms with van der Waals surface area (Å²) in [4.78, 5) is 8.72. The van der Waals surface area contributed by atoms with Gasteiger partial charge >= 0.3 is 0 Å². The van der Waals surface area contributed by atoms with Gasteiger partial charge in [0, 0.05) is 11.1 Å². The van der Waals surface area contributed by atoms with E-state index in [0.717, 1.165) is 21.7 Å². The molecule has 0 N–H and O–H groups in total. The van der Waals surface area contributed by atoms with E-state index in [1.165, 1.54) is 23.2 Å². The largest absolute Gasteiger partial charge is 0.374 e. The second kappa shape index (κ2) is 9.87. The monoisotopic (exact) mass is 502 g/mol. The zero-order chi connectivity index (χ0) is 24.4. The lowest BCUT2D eigenvalue weighted by atomic mass is 10.1. The first kappa shape index (κ1) is 22.9. The normalized spacial score (nSPS) is 19.8. The van der Waals surface area contributed by atoms with Gasteiger partial charge in [-0.2, -0.15) is 5.10 Å². The molecule has 0 saturated carbocycles. The molecule has 1 saturated heterocycles. The minimum absolute atomic E-state index is 0.277. The molecule has 2 atom stereocenters. The summed E-state index contributed by atoms with van der Waals surface area (Å²) in [5.41, 5.74) is 3.88. The summed E-state index contributed by atoms with van der Waals surface area (Å²) in [5, 5.41) is 5.18. The Hall–Kier alpha value is -3.50. The summed E-state index contributed by atoms with van der Waals surface area (Å²) >= 11 is 1.69. The number of rotatable bonds is 8. The van der Waals surface area contributed by atoms with E-state index in [2.05, 4.69) is 40.4 Å². The minimum Gasteiger partial charge on any atom is -0.374 e. The molecule has 0 unspecified atom stereocenters. The molecule has 182 valence electrons. The Morgan fingerprint density at radius 2 is 1.89 bits per heavy atom. The van der Waals surface area contributed by atoms with Gasteiger partial charge in [-0.3, -0.25) is 0 Å². The Balaban J connectivity index is 1.08. The molecule has 9 heteroatoms. The van der Waals surface area contributed by atoms with Gasteiger partial charge in [0.15, 0.2) is 0 Å². The van der Waals surface area contributed by atoms with E-state index < -0.39 is 5.79 Å². The third-order valence-corrected chi connectivity index (χ3v) is 7.13. The highest BCUT2D eigenvalue weighted by Gasteiger charge is 2.44. The van der Waals surface area contributed by atoms with Crippen LogP contribution in [-0.2, 0) is 33.1 Å². The molecule has 1 fully saturated rings. The molecule has 0 bridgehead atoms. The average Bonchev–Trinajstić information content (AvgIpc) is 3.66. The second-order valence-electron chi connectivity index (χ2n) is 8.60. The highest BCUT2D eigenvalue weighted by Crippen LogP contribution is 2.36. The van der Waals surface area contributed by atoms with Crippen LogP contribution in [0, 0.1) is 5.82 Å². The van der Waals surface area contributed by atoms with E-state index in [9.17, 15) is 4.39 Å². The van der Waals surface area contributed by atoms with Crippen LogP contribution in [-0.4, -0.2) is 39.1 Å². The van der Waals surface area contributed by atoms with Crippen molar-refractivity contribution >= 4 is 21.6 Å². The molecule has 0 amide bonds. The molecule has 3 aromatic carbocycles. The maximum Gasteiger partial charge on any atom is 0.215 e. The van der Waals surface area contributed by atoms with E-state index in [1.807, 2.05) is 18.2 Å². The van der Waals surface area contributed by atoms with Crippen molar-refractivity contribution in [1.82, 2.24) is 19.7 Å². The SMILES string of the molecule is Fc1ccc([C@]2(Cn3cncn3)OC[C@@H](COCc3ccc(-c4nc5ccccc5s4)cc3)O2)cc1. The third kappa shape index (κ3) is 4.78. The summed E-state index contributed by atoms with van der Waals surface area (Å²) in [5.74, 6) is -1.41. The van der Waals surface area contributed by atoms with Crippen LogP contribution in [0.15, 0.2) is 85.5 Å². The maximum atomic E-state index is 13.5. The van der Waals surface area contributed by atoms with Crippen LogP contribution >= 0.6 is 11.3 Å². The summed E-state index contributed by atoms with van der Waals surface area (Å²) in [6.45, 7) is 1.46. The number of thiazole rings is 1. The number of para-hydroxylation sites is 1. The van der Waals surface area contributed by atoms with Crippen LogP contribution in [0.5, 0.6) is 0 Å². The van der Waals surface area contributed by atoms with Gasteiger partial charge in [0.05, 0.1) is 30.0 Å². The van der Waals surface area contributed by atoms with E-state index in [-0.39, 0.29) is 11.9 Å². The Kier molecular flexibility index (Phi) is 6.28. The van der Waals surface area contributed by atoms with Crippen molar-refractivity contribution in [1.29, 1.82) is 0 Å². The molecule has 6 rings (SSSR count). The Bertz CT molecular complexity index is 1410. The molecule has 5 aromatic rings. The summed E-state index contributed by atoms with van der Waals surface area (Å²) in [6.07, 6.45) is 2.77. The lowest BCUT2D eigenvalue weighted by molar-refractivity contribution is -0.193. The molecule has 7 nitrogen and oxygen atoms in total. The molecular formula is C27H23FN4O3S. The highest BCUT2D eigenvalue weighted by atomic mass is 32.1. The zero-order valence-corrected chi connectivity index (χ0v) is 20.1. The summed E-state index contributed by atoms with van der Waals surface area (Å²) in [7, 11) is 0. The molecule has 0 aliphatic carbocycles. The lowest BCUT2D eigenvalue weighted by Gasteiger charge is -2.28. The van der Waals surface area contributed by atoms with Crippen molar-refractivity contribution < 1.29 is 18.6 Å². The fourth-order valence-corrected chi connectivity index (χ4v) is 5.22. The number of hydrogen-bond acceptors (Lipinski definition) is 7. The molecule has 0 radical (unpaired) electrons. The second-order valence-corrected chi connectivity index (χ2v) is 9.63. The van der Waals surface area contributed by atoms with Gasteiger partial charge in [-0.1, -0.05) is 48.5 Å². The van der Waals surface area contributed by atoms with Crippen LogP contribution in [0.1, 0.15) is 11.1 Å². The lowest BCUT2D eigenvalue weighted by Crippen LogP contribution is -2.34. The molecule has 3 heterocycles. The van der Waals surface area contributed by atoms with Crippen molar-refractivity contribution in [3.63, 3.8) is 0 Å². The van der Waals surface area contributed by atoms with Crippen molar-refractivity contribution in [3.8, 4) is 10.6 Å². The summed E-state index contributed by atoms with van der Waals surface area (Å²) in [6, 6.07) is 22.5. The number of hydrogen-bond donors (Lipinski definition) is 0. The first-order chi connectivity index (χ1) is 17.7. The number of ether oxygens (including phenoxy) is 3. The van der Waals surface area contributed by atoms with Gasteiger partial charge < -0.3 is 14.2 Å². The van der Waals surface area contributed by atoms with E-state index >= 15 is 0 Å². The molecule has 0 spiro atoms. The molecule has 36 heavy (non-hydrogen) atoms. The standard InChI is InChI=1S/C27H23FN4O3S/c28-22-11-9-21(10-12-22)27(16-32-18-29-17-30-32)34-15-23(35-27)14-33-13-19-5-7-20(8-6-19)26-31-24-3-1-2-4-25(24)36-26/h1-12,17-18,23H,13-16H2/t23-,27-/m1/s1. The predicted molar refractivity (Wildman–Crippen MR) is 134 cm³/mol. The highest BCUT2D eigenvalue weighted by molar-refractivity contribution is 7.21. The van der Waals surface area contributed by atoms with Crippen molar-refractivity contribution in [2.24, 2.45) is 0 Å². The maximum absolute atomic E-state index is 13.5. The van der Waals surface area contributed by atoms with Crippen LogP contribution in [0.25, 0.3) is 20.8 Å². The average molecular weight is 503 g/mol. The van der Waals surface area contributed by atoms with Crippen LogP contribution in [0.3, 0.4) is 0 Å². The molecule has 1 aliphatic heterocycles. The van der Waals surface area contributed by atoms with Gasteiger partial charge in [-0.25, -0.2) is 19.0 Å². The smallest absolute Gasteiger partial charge is 0.215 e. The number of aromatic nitrogens is 4. The Labute approximate surface area is 211 Å². The Morgan fingerprint density at radius 3 is 2.67 bits per heavy atom. The number of nitrogens with zero attached hydrogens (tertiary/aromatic N) is 4. The van der Waals surface area contributed by atoms with E-state index in [0.29, 0.717) is 31.9 Å². The molecule has 2 aromatic heterocycles. The topological polar surface area (TPSA) is 71.3 Å². The fraction of sp³-hybridized carbons (Fsp3) is 0.222. The van der Waals surface area contributed by atoms with Gasteiger partial charge in [0.2, 0.25) is 5.79 Å². The zero-order valence-electron chi connectivity index (χ0n) is 19.3. The minimum atomic E-state index is -1.09. The van der Waals surface area contributed by atoms with Crippen molar-refractivity contribution in [2.45, 2.75) is 25.0 Å². The van der Waals surface area contributed by atoms with Gasteiger partial charge in [0.1, 0.15) is 36.1 Å². The van der Waals surface area contributed by atoms with E-state index in [4.69, 9.17) is 19.2 Å².